The summed E-state index contributed by atoms with van der Waals surface area (Å²) in [6.07, 6.45) is -5.37. The van der Waals surface area contributed by atoms with Gasteiger partial charge in [0.05, 0.1) is 48.3 Å². The van der Waals surface area contributed by atoms with Crippen molar-refractivity contribution >= 4 is 34.8 Å². The van der Waals surface area contributed by atoms with E-state index in [4.69, 9.17) is 20.4 Å². The topological polar surface area (TPSA) is 241 Å². The molecule has 0 radical (unpaired) electrons. The van der Waals surface area contributed by atoms with E-state index in [0.717, 1.165) is 27.7 Å². The monoisotopic (exact) mass is 384 g/mol. The Hall–Kier alpha value is -2.06. The number of carbonyl (C=O) groups is 4. The fourth-order valence-electron chi connectivity index (χ4n) is 0. The predicted octanol–water partition coefficient (Wildman–Crippen LogP) is -7.91. The maximum absolute atomic E-state index is 9.34. The Bertz CT molecular complexity index is 306. The van der Waals surface area contributed by atoms with Crippen LogP contribution in [0.2, 0.25) is 0 Å². The molecule has 0 aromatic carbocycles. The summed E-state index contributed by atoms with van der Waals surface area (Å²) < 4.78 is 0. The van der Waals surface area contributed by atoms with E-state index in [9.17, 15) is 39.6 Å². The number of carbonyl (C=O) groups excluding carboxylic acids is 4. The zero-order valence-electron chi connectivity index (χ0n) is 13.9. The summed E-state index contributed by atoms with van der Waals surface area (Å²) in [6, 6.07) is 0. The van der Waals surface area contributed by atoms with Gasteiger partial charge in [0.15, 0.2) is 0 Å². The number of hydrogen-bond acceptors (Lipinski definition) is 12. The molecule has 4 N–H and O–H groups in total. The third-order valence-corrected chi connectivity index (χ3v) is 1.36. The van der Waals surface area contributed by atoms with Crippen molar-refractivity contribution in [1.82, 2.24) is 0 Å². The maximum atomic E-state index is 9.34. The van der Waals surface area contributed by atoms with Crippen molar-refractivity contribution in [3.05, 3.63) is 0 Å². The number of aliphatic carboxylic acids is 4. The molecule has 0 aromatic heterocycles. The molecule has 0 aliphatic carbocycles. The molecule has 4 unspecified atom stereocenters. The molecule has 0 heterocycles. The van der Waals surface area contributed by atoms with E-state index in [1.165, 1.54) is 0 Å². The van der Waals surface area contributed by atoms with Gasteiger partial charge in [0.2, 0.25) is 0 Å². The van der Waals surface area contributed by atoms with Crippen molar-refractivity contribution in [3.8, 4) is 0 Å². The molecule has 0 fully saturated rings. The Morgan fingerprint density at radius 2 is 0.560 bits per heavy atom. The SMILES string of the molecule is CC(O)C(=O)[O-].CC(O)C(=O)[O-].CC(O)C(=O)[O-].CC(O)C(=O)[O-].[Si+4]. The quantitative estimate of drug-likeness (QED) is 0.330. The first-order valence-electron chi connectivity index (χ1n) is 6.13. The molecule has 12 nitrogen and oxygen atoms in total. The third-order valence-electron chi connectivity index (χ3n) is 1.36. The van der Waals surface area contributed by atoms with Gasteiger partial charge in [-0.1, -0.05) is 0 Å². The Morgan fingerprint density at radius 3 is 0.560 bits per heavy atom. The van der Waals surface area contributed by atoms with Crippen molar-refractivity contribution in [2.75, 3.05) is 0 Å². The van der Waals surface area contributed by atoms with Crippen LogP contribution in [0, 0.1) is 0 Å². The van der Waals surface area contributed by atoms with Gasteiger partial charge in [0.1, 0.15) is 0 Å². The second-order valence-electron chi connectivity index (χ2n) is 3.98. The molecule has 25 heavy (non-hydrogen) atoms. The normalized spacial score (nSPS) is 13.1. The van der Waals surface area contributed by atoms with Gasteiger partial charge >= 0.3 is 11.0 Å². The number of hydrogen-bond donors (Lipinski definition) is 4. The molecular weight excluding hydrogens is 364 g/mol. The maximum Gasteiger partial charge on any atom is 4.00 e. The van der Waals surface area contributed by atoms with Gasteiger partial charge in [-0.2, -0.15) is 0 Å². The molecule has 0 bridgehead atoms. The van der Waals surface area contributed by atoms with Crippen molar-refractivity contribution in [2.24, 2.45) is 0 Å². The van der Waals surface area contributed by atoms with Crippen LogP contribution in [0.5, 0.6) is 0 Å². The number of aliphatic hydroxyl groups excluding tert-OH is 4. The van der Waals surface area contributed by atoms with Gasteiger partial charge in [0.25, 0.3) is 0 Å². The number of aliphatic hydroxyl groups is 4. The molecule has 0 spiro atoms. The summed E-state index contributed by atoms with van der Waals surface area (Å²) in [7, 11) is 0. The van der Waals surface area contributed by atoms with E-state index in [-0.39, 0.29) is 11.0 Å². The number of carboxylic acid groups (broad SMARTS) is 4. The molecule has 13 heteroatoms. The molecule has 0 aromatic rings. The summed E-state index contributed by atoms with van der Waals surface area (Å²) in [5.41, 5.74) is 0. The van der Waals surface area contributed by atoms with E-state index in [0.29, 0.717) is 0 Å². The number of carboxylic acids is 4. The van der Waals surface area contributed by atoms with E-state index >= 15 is 0 Å². The van der Waals surface area contributed by atoms with Gasteiger partial charge < -0.3 is 60.0 Å². The Labute approximate surface area is 148 Å². The van der Waals surface area contributed by atoms with Gasteiger partial charge in [-0.25, -0.2) is 0 Å². The van der Waals surface area contributed by atoms with Gasteiger partial charge in [-0.05, 0) is 27.7 Å². The van der Waals surface area contributed by atoms with Crippen LogP contribution in [0.15, 0.2) is 0 Å². The number of rotatable bonds is 4. The van der Waals surface area contributed by atoms with E-state index in [1.807, 2.05) is 0 Å². The van der Waals surface area contributed by atoms with Crippen LogP contribution in [-0.2, 0) is 19.2 Å². The van der Waals surface area contributed by atoms with E-state index in [2.05, 4.69) is 0 Å². The second kappa shape index (κ2) is 20.0. The Balaban J connectivity index is -0.0000000702. The van der Waals surface area contributed by atoms with E-state index < -0.39 is 48.3 Å². The van der Waals surface area contributed by atoms with Gasteiger partial charge in [-0.15, -0.1) is 0 Å². The van der Waals surface area contributed by atoms with Crippen LogP contribution < -0.4 is 20.4 Å². The van der Waals surface area contributed by atoms with Crippen molar-refractivity contribution < 1.29 is 60.0 Å². The first-order chi connectivity index (χ1) is 10.6. The standard InChI is InChI=1S/4C3H6O3.Si/c4*1-2(4)3(5)6;/h4*2,4H,1H3,(H,5,6);/q;;;;+4/p-4. The first-order valence-corrected chi connectivity index (χ1v) is 6.13. The van der Waals surface area contributed by atoms with Gasteiger partial charge in [-0.3, -0.25) is 0 Å². The minimum absolute atomic E-state index is 0. The van der Waals surface area contributed by atoms with Crippen molar-refractivity contribution in [1.29, 1.82) is 0 Å². The molecular formula is C12H20O12Si. The Kier molecular flexibility index (Phi) is 27.4. The van der Waals surface area contributed by atoms with Crippen LogP contribution in [0.1, 0.15) is 27.7 Å². The molecule has 144 valence electrons. The fraction of sp³-hybridized carbons (Fsp3) is 0.667. The molecule has 0 saturated carbocycles. The zero-order valence-corrected chi connectivity index (χ0v) is 14.9. The van der Waals surface area contributed by atoms with Crippen LogP contribution in [0.4, 0.5) is 0 Å². The van der Waals surface area contributed by atoms with Crippen molar-refractivity contribution in [3.63, 3.8) is 0 Å². The molecule has 0 amide bonds. The second-order valence-corrected chi connectivity index (χ2v) is 3.98. The van der Waals surface area contributed by atoms with Crippen LogP contribution in [0.25, 0.3) is 0 Å². The minimum Gasteiger partial charge on any atom is -0.547 e. The molecule has 4 atom stereocenters. The fourth-order valence-corrected chi connectivity index (χ4v) is 0. The first kappa shape index (κ1) is 34.3. The molecule has 0 saturated heterocycles. The van der Waals surface area contributed by atoms with Crippen LogP contribution in [0.3, 0.4) is 0 Å². The van der Waals surface area contributed by atoms with Gasteiger partial charge in [0, 0.05) is 0 Å². The molecule has 0 rings (SSSR count). The summed E-state index contributed by atoms with van der Waals surface area (Å²) in [6.45, 7) is 4.54. The minimum atomic E-state index is -1.44. The largest absolute Gasteiger partial charge is 4.00 e. The Morgan fingerprint density at radius 1 is 0.520 bits per heavy atom. The summed E-state index contributed by atoms with van der Waals surface area (Å²) in [4.78, 5) is 37.4. The van der Waals surface area contributed by atoms with Crippen molar-refractivity contribution in [2.45, 2.75) is 52.1 Å². The summed E-state index contributed by atoms with van der Waals surface area (Å²) in [5.74, 6) is -5.74. The van der Waals surface area contributed by atoms with Crippen LogP contribution >= 0.6 is 0 Å². The smallest absolute Gasteiger partial charge is 0.547 e. The molecule has 0 aliphatic heterocycles. The predicted molar refractivity (Wildman–Crippen MR) is 72.5 cm³/mol. The molecule has 0 aliphatic rings. The summed E-state index contributed by atoms with van der Waals surface area (Å²) in [5, 5.41) is 69.2. The average Bonchev–Trinajstić information content (AvgIpc) is 2.40. The third kappa shape index (κ3) is 44.9. The summed E-state index contributed by atoms with van der Waals surface area (Å²) >= 11 is 0. The zero-order chi connectivity index (χ0) is 20.6. The van der Waals surface area contributed by atoms with Crippen LogP contribution in [-0.4, -0.2) is 79.7 Å². The van der Waals surface area contributed by atoms with E-state index in [1.54, 1.807) is 0 Å². The average molecular weight is 384 g/mol.